The zero-order valence-electron chi connectivity index (χ0n) is 9.58. The number of ketones is 1. The highest BCUT2D eigenvalue weighted by molar-refractivity contribution is 7.17. The van der Waals surface area contributed by atoms with E-state index in [1.165, 1.54) is 11.3 Å². The van der Waals surface area contributed by atoms with Crippen LogP contribution in [0.3, 0.4) is 0 Å². The Kier molecular flexibility index (Phi) is 3.56. The summed E-state index contributed by atoms with van der Waals surface area (Å²) in [6.45, 7) is 5.08. The Balaban J connectivity index is 1.94. The van der Waals surface area contributed by atoms with Crippen LogP contribution in [0.1, 0.15) is 35.1 Å². The van der Waals surface area contributed by atoms with E-state index in [1.54, 1.807) is 6.92 Å². The smallest absolute Gasteiger partial charge is 0.183 e. The molecule has 0 saturated carbocycles. The molecule has 4 nitrogen and oxygen atoms in total. The van der Waals surface area contributed by atoms with E-state index < -0.39 is 0 Å². The van der Waals surface area contributed by atoms with E-state index in [0.717, 1.165) is 41.7 Å². The Hall–Kier alpha value is -0.940. The first-order chi connectivity index (χ1) is 7.66. The summed E-state index contributed by atoms with van der Waals surface area (Å²) < 4.78 is 5.51. The number of nitrogens with zero attached hydrogens (tertiary/aromatic N) is 1. The molecule has 0 bridgehead atoms. The summed E-state index contributed by atoms with van der Waals surface area (Å²) in [7, 11) is 0. The van der Waals surface area contributed by atoms with Crippen LogP contribution in [-0.4, -0.2) is 30.0 Å². The van der Waals surface area contributed by atoms with Crippen LogP contribution in [0.4, 0.5) is 5.13 Å². The zero-order chi connectivity index (χ0) is 11.5. The molecule has 1 aliphatic rings. The van der Waals surface area contributed by atoms with E-state index >= 15 is 0 Å². The Bertz CT molecular complexity index is 383. The number of anilines is 1. The number of hydrogen-bond acceptors (Lipinski definition) is 5. The predicted molar refractivity (Wildman–Crippen MR) is 64.3 cm³/mol. The number of thiazole rings is 1. The lowest BCUT2D eigenvalue weighted by Gasteiger charge is -2.08. The molecule has 0 unspecified atom stereocenters. The van der Waals surface area contributed by atoms with E-state index in [1.807, 2.05) is 6.92 Å². The number of Topliss-reactive ketones (excluding diaryl/α,β-unsaturated/α-hetero) is 1. The molecule has 88 valence electrons. The van der Waals surface area contributed by atoms with Gasteiger partial charge in [0, 0.05) is 20.1 Å². The van der Waals surface area contributed by atoms with Gasteiger partial charge in [0.15, 0.2) is 10.9 Å². The first-order valence-electron chi connectivity index (χ1n) is 5.50. The second kappa shape index (κ2) is 4.93. The quantitative estimate of drug-likeness (QED) is 0.820. The number of carbonyl (C=O) groups is 1. The van der Waals surface area contributed by atoms with Gasteiger partial charge < -0.3 is 10.1 Å². The minimum absolute atomic E-state index is 0.0835. The lowest BCUT2D eigenvalue weighted by molar-refractivity contribution is 0.102. The molecule has 5 heteroatoms. The summed E-state index contributed by atoms with van der Waals surface area (Å²) in [5, 5.41) is 4.05. The van der Waals surface area contributed by atoms with Gasteiger partial charge in [-0.3, -0.25) is 4.79 Å². The van der Waals surface area contributed by atoms with Gasteiger partial charge >= 0.3 is 0 Å². The molecule has 0 aliphatic carbocycles. The molecule has 1 atom stereocenters. The first-order valence-corrected chi connectivity index (χ1v) is 6.32. The fraction of sp³-hybridized carbons (Fsp3) is 0.636. The molecule has 1 aliphatic heterocycles. The van der Waals surface area contributed by atoms with Crippen molar-refractivity contribution in [2.24, 2.45) is 0 Å². The topological polar surface area (TPSA) is 51.2 Å². The average Bonchev–Trinajstić information content (AvgIpc) is 2.83. The lowest BCUT2D eigenvalue weighted by atomic mass is 10.2. The van der Waals surface area contributed by atoms with Crippen molar-refractivity contribution in [2.45, 2.75) is 32.8 Å². The van der Waals surface area contributed by atoms with E-state index in [9.17, 15) is 4.79 Å². The normalized spacial score (nSPS) is 20.0. The van der Waals surface area contributed by atoms with E-state index in [2.05, 4.69) is 10.3 Å². The number of nitrogens with one attached hydrogen (secondary N) is 1. The minimum atomic E-state index is 0.0835. The Morgan fingerprint density at radius 3 is 3.06 bits per heavy atom. The molecule has 0 radical (unpaired) electrons. The highest BCUT2D eigenvalue weighted by atomic mass is 32.1. The number of ether oxygens (including phenoxy) is 1. The number of hydrogen-bond donors (Lipinski definition) is 1. The van der Waals surface area contributed by atoms with Gasteiger partial charge in [0.05, 0.1) is 16.7 Å². The summed E-state index contributed by atoms with van der Waals surface area (Å²) in [6.07, 6.45) is 2.55. The molecular weight excluding hydrogens is 224 g/mol. The molecule has 0 aromatic carbocycles. The van der Waals surface area contributed by atoms with E-state index in [4.69, 9.17) is 4.74 Å². The van der Waals surface area contributed by atoms with Gasteiger partial charge in [-0.05, 0) is 19.8 Å². The fourth-order valence-corrected chi connectivity index (χ4v) is 2.67. The maximum absolute atomic E-state index is 11.3. The standard InChI is InChI=1S/C11H16N2O2S/c1-7-10(8(2)14)16-11(13-7)12-6-9-4-3-5-15-9/h9H,3-6H2,1-2H3,(H,12,13)/t9-/m0/s1. The van der Waals surface area contributed by atoms with Crippen molar-refractivity contribution in [3.63, 3.8) is 0 Å². The van der Waals surface area contributed by atoms with Gasteiger partial charge in [-0.15, -0.1) is 0 Å². The molecule has 16 heavy (non-hydrogen) atoms. The molecule has 1 aromatic rings. The first kappa shape index (κ1) is 11.5. The number of aryl methyl sites for hydroxylation is 1. The van der Waals surface area contributed by atoms with Crippen LogP contribution >= 0.6 is 11.3 Å². The molecule has 2 rings (SSSR count). The van der Waals surface area contributed by atoms with Crippen LogP contribution in [-0.2, 0) is 4.74 Å². The Morgan fingerprint density at radius 1 is 1.69 bits per heavy atom. The van der Waals surface area contributed by atoms with Crippen molar-refractivity contribution in [3.8, 4) is 0 Å². The van der Waals surface area contributed by atoms with E-state index in [-0.39, 0.29) is 5.78 Å². The number of rotatable bonds is 4. The van der Waals surface area contributed by atoms with Gasteiger partial charge in [-0.1, -0.05) is 11.3 Å². The minimum Gasteiger partial charge on any atom is -0.376 e. The molecule has 1 saturated heterocycles. The summed E-state index contributed by atoms with van der Waals surface area (Å²) in [6, 6.07) is 0. The van der Waals surface area contributed by atoms with Crippen molar-refractivity contribution < 1.29 is 9.53 Å². The van der Waals surface area contributed by atoms with Crippen LogP contribution in [0.15, 0.2) is 0 Å². The molecule has 0 spiro atoms. The van der Waals surface area contributed by atoms with Gasteiger partial charge in [0.25, 0.3) is 0 Å². The SMILES string of the molecule is CC(=O)c1sc(NC[C@@H]2CCCO2)nc1C. The predicted octanol–water partition coefficient (Wildman–Crippen LogP) is 2.25. The third-order valence-electron chi connectivity index (χ3n) is 2.62. The highest BCUT2D eigenvalue weighted by Crippen LogP contribution is 2.23. The molecule has 1 N–H and O–H groups in total. The number of carbonyl (C=O) groups excluding carboxylic acids is 1. The average molecular weight is 240 g/mol. The lowest BCUT2D eigenvalue weighted by Crippen LogP contribution is -2.18. The summed E-state index contributed by atoms with van der Waals surface area (Å²) in [5.41, 5.74) is 0.812. The monoisotopic (exact) mass is 240 g/mol. The summed E-state index contributed by atoms with van der Waals surface area (Å²) in [5.74, 6) is 0.0835. The van der Waals surface area contributed by atoms with Crippen molar-refractivity contribution in [3.05, 3.63) is 10.6 Å². The zero-order valence-corrected chi connectivity index (χ0v) is 10.4. The Morgan fingerprint density at radius 2 is 2.50 bits per heavy atom. The van der Waals surface area contributed by atoms with Crippen molar-refractivity contribution >= 4 is 22.3 Å². The molecular formula is C11H16N2O2S. The molecule has 1 fully saturated rings. The van der Waals surface area contributed by atoms with Gasteiger partial charge in [0.1, 0.15) is 0 Å². The number of aromatic nitrogens is 1. The van der Waals surface area contributed by atoms with Crippen molar-refractivity contribution in [2.75, 3.05) is 18.5 Å². The third-order valence-corrected chi connectivity index (χ3v) is 3.84. The largest absolute Gasteiger partial charge is 0.376 e. The highest BCUT2D eigenvalue weighted by Gasteiger charge is 2.16. The van der Waals surface area contributed by atoms with Crippen LogP contribution in [0.2, 0.25) is 0 Å². The molecule has 2 heterocycles. The van der Waals surface area contributed by atoms with Crippen LogP contribution in [0.5, 0.6) is 0 Å². The van der Waals surface area contributed by atoms with Gasteiger partial charge in [-0.2, -0.15) is 0 Å². The maximum Gasteiger partial charge on any atom is 0.183 e. The van der Waals surface area contributed by atoms with Crippen LogP contribution in [0.25, 0.3) is 0 Å². The van der Waals surface area contributed by atoms with Gasteiger partial charge in [0.2, 0.25) is 0 Å². The molecule has 1 aromatic heterocycles. The summed E-state index contributed by atoms with van der Waals surface area (Å²) >= 11 is 1.42. The van der Waals surface area contributed by atoms with Crippen LogP contribution < -0.4 is 5.32 Å². The summed E-state index contributed by atoms with van der Waals surface area (Å²) in [4.78, 5) is 16.3. The molecule has 0 amide bonds. The fourth-order valence-electron chi connectivity index (χ4n) is 1.81. The van der Waals surface area contributed by atoms with E-state index in [0.29, 0.717) is 6.10 Å². The Labute approximate surface area is 99.0 Å². The maximum atomic E-state index is 11.3. The third kappa shape index (κ3) is 2.59. The second-order valence-electron chi connectivity index (χ2n) is 4.01. The second-order valence-corrected chi connectivity index (χ2v) is 5.00. The van der Waals surface area contributed by atoms with Gasteiger partial charge in [-0.25, -0.2) is 4.98 Å². The van der Waals surface area contributed by atoms with Crippen molar-refractivity contribution in [1.29, 1.82) is 0 Å². The van der Waals surface area contributed by atoms with Crippen LogP contribution in [0, 0.1) is 6.92 Å². The van der Waals surface area contributed by atoms with Crippen molar-refractivity contribution in [1.82, 2.24) is 4.98 Å².